The van der Waals surface area contributed by atoms with Crippen LogP contribution in [0, 0.1) is 5.92 Å². The molecule has 5 unspecified atom stereocenters. The maximum Gasteiger partial charge on any atom is 0.335 e. The van der Waals surface area contributed by atoms with Crippen molar-refractivity contribution < 1.29 is 40.6 Å². The molecule has 3 aliphatic rings. The Labute approximate surface area is 174 Å². The summed E-state index contributed by atoms with van der Waals surface area (Å²) < 4.78 is 0. The number of piperidine rings is 1. The van der Waals surface area contributed by atoms with Crippen molar-refractivity contribution in [3.05, 3.63) is 29.3 Å². The molecule has 1 aromatic rings. The summed E-state index contributed by atoms with van der Waals surface area (Å²) >= 11 is 0. The highest BCUT2D eigenvalue weighted by molar-refractivity contribution is 5.83. The summed E-state index contributed by atoms with van der Waals surface area (Å²) in [5, 5.41) is 42.4. The number of aliphatic carboxylic acids is 2. The van der Waals surface area contributed by atoms with Crippen molar-refractivity contribution in [1.82, 2.24) is 4.90 Å². The molecule has 0 amide bonds. The Balaban J connectivity index is 0.000000253. The molecule has 1 heterocycles. The summed E-state index contributed by atoms with van der Waals surface area (Å²) in [6.45, 7) is 1.22. The standard InChI is InChI=1S/C17H23NO.C4H6O6.H2O/c1-18-9-8-17-7-3-2-4-14(17)16(18)10-12-5-6-13(19)11-15(12)17;5-1(3(7)8)2(6)4(9)10;/h5-6,11,14,16,19H,2-4,7-10H2,1H3;1-2,5-6H,(H,7,8)(H,9,10);1H2. The number of aliphatic hydroxyl groups excluding tert-OH is 2. The van der Waals surface area contributed by atoms with Crippen molar-refractivity contribution in [3.8, 4) is 5.75 Å². The lowest BCUT2D eigenvalue weighted by Gasteiger charge is -2.58. The topological polar surface area (TPSA) is 170 Å². The van der Waals surface area contributed by atoms with Crippen LogP contribution in [0.2, 0.25) is 0 Å². The van der Waals surface area contributed by atoms with Crippen LogP contribution in [-0.2, 0) is 21.4 Å². The van der Waals surface area contributed by atoms with Gasteiger partial charge in [0.05, 0.1) is 0 Å². The van der Waals surface area contributed by atoms with Crippen molar-refractivity contribution in [1.29, 1.82) is 0 Å². The van der Waals surface area contributed by atoms with Crippen molar-refractivity contribution in [2.45, 2.75) is 62.2 Å². The number of rotatable bonds is 3. The van der Waals surface area contributed by atoms with E-state index in [0.717, 1.165) is 12.0 Å². The van der Waals surface area contributed by atoms with Gasteiger partial charge in [-0.05, 0) is 68.5 Å². The minimum absolute atomic E-state index is 0. The van der Waals surface area contributed by atoms with Crippen LogP contribution in [0.4, 0.5) is 0 Å². The summed E-state index contributed by atoms with van der Waals surface area (Å²) in [4.78, 5) is 22.1. The lowest BCUT2D eigenvalue weighted by Crippen LogP contribution is -2.59. The number of likely N-dealkylation sites (N-methyl/N-ethyl adjacent to an activating group) is 1. The monoisotopic (exact) mass is 425 g/mol. The van der Waals surface area contributed by atoms with E-state index < -0.39 is 24.1 Å². The molecule has 0 aromatic heterocycles. The third kappa shape index (κ3) is 4.29. The van der Waals surface area contributed by atoms with Crippen molar-refractivity contribution in [3.63, 3.8) is 0 Å². The van der Waals surface area contributed by atoms with Gasteiger partial charge in [-0.1, -0.05) is 18.9 Å². The number of benzene rings is 1. The molecule has 9 heteroatoms. The van der Waals surface area contributed by atoms with Crippen LogP contribution >= 0.6 is 0 Å². The number of carboxylic acids is 2. The van der Waals surface area contributed by atoms with Crippen molar-refractivity contribution in [2.24, 2.45) is 5.92 Å². The van der Waals surface area contributed by atoms with E-state index in [2.05, 4.69) is 24.1 Å². The van der Waals surface area contributed by atoms with E-state index in [1.165, 1.54) is 56.2 Å². The van der Waals surface area contributed by atoms with Gasteiger partial charge < -0.3 is 35.9 Å². The zero-order chi connectivity index (χ0) is 21.3. The fraction of sp³-hybridized carbons (Fsp3) is 0.619. The molecule has 9 nitrogen and oxygen atoms in total. The van der Waals surface area contributed by atoms with Gasteiger partial charge in [-0.2, -0.15) is 0 Å². The minimum atomic E-state index is -2.27. The van der Waals surface area contributed by atoms with Crippen LogP contribution in [0.1, 0.15) is 43.2 Å². The molecule has 1 saturated heterocycles. The smallest absolute Gasteiger partial charge is 0.335 e. The van der Waals surface area contributed by atoms with E-state index >= 15 is 0 Å². The molecule has 2 aliphatic carbocycles. The van der Waals surface area contributed by atoms with Gasteiger partial charge >= 0.3 is 11.9 Å². The number of carbonyl (C=O) groups is 2. The Hall–Kier alpha value is -2.20. The Morgan fingerprint density at radius 3 is 2.33 bits per heavy atom. The molecule has 1 aromatic carbocycles. The van der Waals surface area contributed by atoms with Crippen molar-refractivity contribution >= 4 is 11.9 Å². The highest BCUT2D eigenvalue weighted by atomic mass is 16.4. The SMILES string of the molecule is CN1CCC23CCCCC2C1Cc1ccc(O)cc13.O.O=C(O)C(O)C(O)C(=O)O. The molecule has 7 N–H and O–H groups in total. The molecule has 2 fully saturated rings. The largest absolute Gasteiger partial charge is 0.508 e. The molecule has 1 saturated carbocycles. The Morgan fingerprint density at radius 1 is 1.10 bits per heavy atom. The van der Waals surface area contributed by atoms with E-state index in [1.807, 2.05) is 6.07 Å². The molecule has 4 rings (SSSR count). The van der Waals surface area contributed by atoms with Gasteiger partial charge in [0.25, 0.3) is 0 Å². The normalized spacial score (nSPS) is 29.0. The van der Waals surface area contributed by atoms with Gasteiger partial charge in [-0.3, -0.25) is 0 Å². The van der Waals surface area contributed by atoms with E-state index in [-0.39, 0.29) is 5.48 Å². The first kappa shape index (κ1) is 24.1. The Morgan fingerprint density at radius 2 is 1.73 bits per heavy atom. The molecule has 30 heavy (non-hydrogen) atoms. The van der Waals surface area contributed by atoms with Crippen LogP contribution in [0.25, 0.3) is 0 Å². The third-order valence-electron chi connectivity index (χ3n) is 6.90. The number of aromatic hydroxyl groups is 1. The number of carboxylic acid groups (broad SMARTS) is 2. The fourth-order valence-corrected chi connectivity index (χ4v) is 5.45. The molecule has 0 spiro atoms. The number of nitrogens with zero attached hydrogens (tertiary/aromatic N) is 1. The average molecular weight is 425 g/mol. The molecule has 2 bridgehead atoms. The number of phenols is 1. The molecule has 1 aliphatic heterocycles. The van der Waals surface area contributed by atoms with E-state index in [0.29, 0.717) is 11.2 Å². The van der Waals surface area contributed by atoms with Crippen LogP contribution in [0.15, 0.2) is 18.2 Å². The first-order valence-electron chi connectivity index (χ1n) is 10.0. The van der Waals surface area contributed by atoms with Gasteiger partial charge in [0.2, 0.25) is 0 Å². The predicted molar refractivity (Wildman–Crippen MR) is 107 cm³/mol. The van der Waals surface area contributed by atoms with E-state index in [1.54, 1.807) is 0 Å². The maximum absolute atomic E-state index is 9.91. The first-order chi connectivity index (χ1) is 13.7. The lowest BCUT2D eigenvalue weighted by atomic mass is 9.52. The molecular weight excluding hydrogens is 394 g/mol. The molecule has 5 atom stereocenters. The van der Waals surface area contributed by atoms with Crippen LogP contribution in [0.3, 0.4) is 0 Å². The Bertz CT molecular complexity index is 766. The molecule has 168 valence electrons. The highest BCUT2D eigenvalue weighted by Gasteiger charge is 2.53. The summed E-state index contributed by atoms with van der Waals surface area (Å²) in [6, 6.07) is 6.85. The second-order valence-corrected chi connectivity index (χ2v) is 8.42. The third-order valence-corrected chi connectivity index (χ3v) is 6.90. The second kappa shape index (κ2) is 9.30. The average Bonchev–Trinajstić information content (AvgIpc) is 2.70. The van der Waals surface area contributed by atoms with Gasteiger partial charge in [-0.25, -0.2) is 9.59 Å². The summed E-state index contributed by atoms with van der Waals surface area (Å²) in [7, 11) is 2.30. The predicted octanol–water partition coefficient (Wildman–Crippen LogP) is 0.133. The lowest BCUT2D eigenvalue weighted by molar-refractivity contribution is -0.165. The van der Waals surface area contributed by atoms with Gasteiger partial charge in [0.1, 0.15) is 5.75 Å². The van der Waals surface area contributed by atoms with E-state index in [9.17, 15) is 14.7 Å². The second-order valence-electron chi connectivity index (χ2n) is 8.42. The molecule has 0 radical (unpaired) electrons. The summed E-state index contributed by atoms with van der Waals surface area (Å²) in [5.41, 5.74) is 3.36. The Kier molecular flexibility index (Phi) is 7.46. The van der Waals surface area contributed by atoms with Gasteiger partial charge in [0.15, 0.2) is 12.2 Å². The van der Waals surface area contributed by atoms with Crippen molar-refractivity contribution in [2.75, 3.05) is 13.6 Å². The van der Waals surface area contributed by atoms with E-state index in [4.69, 9.17) is 20.4 Å². The zero-order valence-electron chi connectivity index (χ0n) is 17.0. The summed E-state index contributed by atoms with van der Waals surface area (Å²) in [5.74, 6) is -2.27. The quantitative estimate of drug-likeness (QED) is 0.455. The van der Waals surface area contributed by atoms with Gasteiger partial charge in [0, 0.05) is 11.5 Å². The van der Waals surface area contributed by atoms with Crippen LogP contribution in [0.5, 0.6) is 5.75 Å². The number of hydrogen-bond acceptors (Lipinski definition) is 6. The summed E-state index contributed by atoms with van der Waals surface area (Å²) in [6.07, 6.45) is 3.39. The van der Waals surface area contributed by atoms with Crippen LogP contribution < -0.4 is 0 Å². The number of fused-ring (bicyclic) bond motifs is 1. The highest BCUT2D eigenvalue weighted by Crippen LogP contribution is 2.55. The maximum atomic E-state index is 9.91. The van der Waals surface area contributed by atoms with Crippen LogP contribution in [-0.4, -0.2) is 79.7 Å². The number of aliphatic hydroxyl groups is 2. The fourth-order valence-electron chi connectivity index (χ4n) is 5.45. The number of hydrogen-bond donors (Lipinski definition) is 5. The number of likely N-dealkylation sites (tertiary alicyclic amines) is 1. The zero-order valence-corrected chi connectivity index (χ0v) is 17.0. The number of phenolic OH excluding ortho intramolecular Hbond substituents is 1. The van der Waals surface area contributed by atoms with Gasteiger partial charge in [-0.15, -0.1) is 0 Å². The minimum Gasteiger partial charge on any atom is -0.508 e. The first-order valence-corrected chi connectivity index (χ1v) is 10.0. The molecular formula is C21H31NO8.